The van der Waals surface area contributed by atoms with Crippen molar-refractivity contribution in [1.29, 1.82) is 0 Å². The number of rotatable bonds is 4. The maximum atomic E-state index is 11.7. The van der Waals surface area contributed by atoms with Gasteiger partial charge in [0, 0.05) is 44.7 Å². The molecule has 2 heterocycles. The Kier molecular flexibility index (Phi) is 4.18. The van der Waals surface area contributed by atoms with Gasteiger partial charge in [0.1, 0.15) is 0 Å². The Morgan fingerprint density at radius 1 is 0.759 bits per heavy atom. The SMILES string of the molecule is CC12CCC(O)(CN3CC3)CC1CCC1C2CCC2(C)C1CCC2(O)CN1CC1. The van der Waals surface area contributed by atoms with Crippen LogP contribution in [0.3, 0.4) is 0 Å². The van der Waals surface area contributed by atoms with Crippen molar-refractivity contribution >= 4 is 0 Å². The number of hydrogen-bond acceptors (Lipinski definition) is 4. The van der Waals surface area contributed by atoms with Crippen LogP contribution >= 0.6 is 0 Å². The topological polar surface area (TPSA) is 46.5 Å². The Bertz CT molecular complexity index is 678. The van der Waals surface area contributed by atoms with Gasteiger partial charge in [0.05, 0.1) is 11.2 Å². The van der Waals surface area contributed by atoms with Gasteiger partial charge in [-0.1, -0.05) is 13.8 Å². The molecule has 0 bridgehead atoms. The van der Waals surface area contributed by atoms with Crippen LogP contribution in [0.5, 0.6) is 0 Å². The van der Waals surface area contributed by atoms with Crippen LogP contribution in [-0.2, 0) is 0 Å². The first-order chi connectivity index (χ1) is 13.7. The van der Waals surface area contributed by atoms with Crippen molar-refractivity contribution in [2.24, 2.45) is 34.5 Å². The van der Waals surface area contributed by atoms with Gasteiger partial charge in [0.15, 0.2) is 0 Å². The van der Waals surface area contributed by atoms with E-state index in [1.165, 1.54) is 64.7 Å². The van der Waals surface area contributed by atoms with Gasteiger partial charge in [0.25, 0.3) is 0 Å². The first-order valence-electron chi connectivity index (χ1n) is 12.6. The average Bonchev–Trinajstić information content (AvgIpc) is 3.59. The lowest BCUT2D eigenvalue weighted by molar-refractivity contribution is -0.172. The molecule has 6 aliphatic rings. The van der Waals surface area contributed by atoms with E-state index in [0.29, 0.717) is 17.3 Å². The molecular formula is C25H42N2O2. The fraction of sp³-hybridized carbons (Fsp3) is 1.00. The van der Waals surface area contributed by atoms with Gasteiger partial charge < -0.3 is 10.2 Å². The molecule has 2 aliphatic heterocycles. The van der Waals surface area contributed by atoms with E-state index in [9.17, 15) is 10.2 Å². The Morgan fingerprint density at radius 2 is 1.45 bits per heavy atom. The third kappa shape index (κ3) is 2.92. The minimum absolute atomic E-state index is 0.120. The highest BCUT2D eigenvalue weighted by Crippen LogP contribution is 2.68. The fourth-order valence-electron chi connectivity index (χ4n) is 9.08. The standard InChI is InChI=1S/C25H42N2O2/c1-22-9-10-24(28,16-26-11-12-26)15-18(22)3-4-19-20(22)5-7-23(2)21(19)6-8-25(23,29)17-27-13-14-27/h18-21,28-29H,3-17H2,1-2H3. The fourth-order valence-corrected chi connectivity index (χ4v) is 9.08. The van der Waals surface area contributed by atoms with Gasteiger partial charge >= 0.3 is 0 Å². The van der Waals surface area contributed by atoms with Crippen LogP contribution in [0.4, 0.5) is 0 Å². The van der Waals surface area contributed by atoms with Crippen LogP contribution in [0.25, 0.3) is 0 Å². The summed E-state index contributed by atoms with van der Waals surface area (Å²) in [5.41, 5.74) is -0.351. The van der Waals surface area contributed by atoms with Crippen LogP contribution in [0, 0.1) is 34.5 Å². The molecule has 4 heteroatoms. The smallest absolute Gasteiger partial charge is 0.0830 e. The lowest BCUT2D eigenvalue weighted by Gasteiger charge is -2.62. The number of nitrogens with zero attached hydrogens (tertiary/aromatic N) is 2. The van der Waals surface area contributed by atoms with Crippen molar-refractivity contribution in [3.05, 3.63) is 0 Å². The van der Waals surface area contributed by atoms with Crippen molar-refractivity contribution in [3.8, 4) is 0 Å². The van der Waals surface area contributed by atoms with Crippen LogP contribution in [0.15, 0.2) is 0 Å². The summed E-state index contributed by atoms with van der Waals surface area (Å²) in [7, 11) is 0. The highest BCUT2D eigenvalue weighted by molar-refractivity contribution is 5.16. The molecule has 6 fully saturated rings. The predicted molar refractivity (Wildman–Crippen MR) is 115 cm³/mol. The zero-order valence-corrected chi connectivity index (χ0v) is 18.7. The first-order valence-corrected chi connectivity index (χ1v) is 12.6. The number of β-amino-alcohol motifs (C(OH)–C–C–N with tert-alkyl or cyclic N) is 2. The van der Waals surface area contributed by atoms with Crippen LogP contribution in [0.2, 0.25) is 0 Å². The van der Waals surface area contributed by atoms with E-state index in [-0.39, 0.29) is 5.41 Å². The molecule has 0 spiro atoms. The summed E-state index contributed by atoms with van der Waals surface area (Å²) in [6.07, 6.45) is 10.7. The largest absolute Gasteiger partial charge is 0.389 e. The van der Waals surface area contributed by atoms with Gasteiger partial charge in [-0.2, -0.15) is 0 Å². The van der Waals surface area contributed by atoms with Gasteiger partial charge in [-0.3, -0.25) is 9.80 Å². The average molecular weight is 403 g/mol. The van der Waals surface area contributed by atoms with Gasteiger partial charge in [-0.25, -0.2) is 0 Å². The molecule has 0 amide bonds. The lowest BCUT2D eigenvalue weighted by Crippen LogP contribution is -2.59. The molecule has 4 nitrogen and oxygen atoms in total. The van der Waals surface area contributed by atoms with Crippen molar-refractivity contribution in [1.82, 2.24) is 9.80 Å². The van der Waals surface area contributed by atoms with Gasteiger partial charge in [-0.05, 0) is 86.9 Å². The molecule has 0 aromatic rings. The molecule has 4 saturated carbocycles. The zero-order valence-electron chi connectivity index (χ0n) is 18.7. The first kappa shape index (κ1) is 19.5. The molecule has 2 N–H and O–H groups in total. The van der Waals surface area contributed by atoms with Gasteiger partial charge in [0.2, 0.25) is 0 Å². The quantitative estimate of drug-likeness (QED) is 0.710. The van der Waals surface area contributed by atoms with Crippen molar-refractivity contribution in [3.63, 3.8) is 0 Å². The Morgan fingerprint density at radius 3 is 2.17 bits per heavy atom. The Hall–Kier alpha value is -0.160. The molecule has 164 valence electrons. The third-order valence-electron chi connectivity index (χ3n) is 11.2. The van der Waals surface area contributed by atoms with Crippen LogP contribution in [0.1, 0.15) is 71.6 Å². The second-order valence-corrected chi connectivity index (χ2v) is 12.7. The van der Waals surface area contributed by atoms with E-state index in [1.54, 1.807) is 0 Å². The Labute approximate surface area is 177 Å². The summed E-state index contributed by atoms with van der Waals surface area (Å²) < 4.78 is 0. The van der Waals surface area contributed by atoms with Crippen molar-refractivity contribution < 1.29 is 10.2 Å². The summed E-state index contributed by atoms with van der Waals surface area (Å²) in [6.45, 7) is 11.6. The summed E-state index contributed by atoms with van der Waals surface area (Å²) in [5.74, 6) is 3.03. The second-order valence-electron chi connectivity index (χ2n) is 12.7. The molecule has 29 heavy (non-hydrogen) atoms. The molecule has 2 saturated heterocycles. The van der Waals surface area contributed by atoms with Crippen LogP contribution in [-0.4, -0.2) is 70.5 Å². The molecule has 8 atom stereocenters. The summed E-state index contributed by atoms with van der Waals surface area (Å²) in [4.78, 5) is 4.85. The zero-order chi connectivity index (χ0) is 20.1. The molecular weight excluding hydrogens is 360 g/mol. The summed E-state index contributed by atoms with van der Waals surface area (Å²) >= 11 is 0. The minimum atomic E-state index is -0.456. The van der Waals surface area contributed by atoms with E-state index in [2.05, 4.69) is 23.6 Å². The second kappa shape index (κ2) is 6.21. The monoisotopic (exact) mass is 402 g/mol. The number of hydrogen-bond donors (Lipinski definition) is 2. The molecule has 0 aromatic carbocycles. The predicted octanol–water partition coefficient (Wildman–Crippen LogP) is 3.12. The summed E-state index contributed by atoms with van der Waals surface area (Å²) in [6, 6.07) is 0. The highest BCUT2D eigenvalue weighted by atomic mass is 16.3. The molecule has 8 unspecified atom stereocenters. The maximum Gasteiger partial charge on any atom is 0.0830 e. The molecule has 0 radical (unpaired) electrons. The maximum absolute atomic E-state index is 11.7. The molecule has 0 aromatic heterocycles. The normalized spacial score (nSPS) is 57.1. The van der Waals surface area contributed by atoms with E-state index in [1.807, 2.05) is 0 Å². The lowest BCUT2D eigenvalue weighted by atomic mass is 9.43. The Balaban J connectivity index is 1.22. The highest BCUT2D eigenvalue weighted by Gasteiger charge is 2.65. The van der Waals surface area contributed by atoms with E-state index < -0.39 is 11.2 Å². The third-order valence-corrected chi connectivity index (χ3v) is 11.2. The number of aliphatic hydroxyl groups is 2. The van der Waals surface area contributed by atoms with Gasteiger partial charge in [-0.15, -0.1) is 0 Å². The molecule has 4 aliphatic carbocycles. The minimum Gasteiger partial charge on any atom is -0.389 e. The molecule has 6 rings (SSSR count). The van der Waals surface area contributed by atoms with E-state index >= 15 is 0 Å². The van der Waals surface area contributed by atoms with Crippen LogP contribution < -0.4 is 0 Å². The van der Waals surface area contributed by atoms with Crippen molar-refractivity contribution in [2.75, 3.05) is 39.3 Å². The van der Waals surface area contributed by atoms with E-state index in [4.69, 9.17) is 0 Å². The van der Waals surface area contributed by atoms with E-state index in [0.717, 1.165) is 44.2 Å². The summed E-state index contributed by atoms with van der Waals surface area (Å²) in [5, 5.41) is 23.0. The van der Waals surface area contributed by atoms with Crippen molar-refractivity contribution in [2.45, 2.75) is 82.8 Å². The number of fused-ring (bicyclic) bond motifs is 5.